The van der Waals surface area contributed by atoms with Gasteiger partial charge in [0.1, 0.15) is 0 Å². The number of hydrogen-bond acceptors (Lipinski definition) is 3. The summed E-state index contributed by atoms with van der Waals surface area (Å²) in [5.41, 5.74) is 0.620. The first-order chi connectivity index (χ1) is 7.40. The number of carboxylic acids is 2. The zero-order valence-electron chi connectivity index (χ0n) is 8.57. The van der Waals surface area contributed by atoms with Crippen LogP contribution in [0.5, 0.6) is 0 Å². The van der Waals surface area contributed by atoms with Crippen LogP contribution in [-0.4, -0.2) is 22.2 Å². The van der Waals surface area contributed by atoms with Crippen molar-refractivity contribution in [3.63, 3.8) is 0 Å². The monoisotopic (exact) mass is 336 g/mol. The Hall–Kier alpha value is -1.31. The second kappa shape index (κ2) is 4.69. The van der Waals surface area contributed by atoms with Gasteiger partial charge in [-0.15, -0.1) is 0 Å². The van der Waals surface area contributed by atoms with E-state index >= 15 is 0 Å². The Morgan fingerprint density at radius 2 is 1.75 bits per heavy atom. The summed E-state index contributed by atoms with van der Waals surface area (Å²) in [5.74, 6) is -2.32. The molecule has 1 aromatic rings. The summed E-state index contributed by atoms with van der Waals surface area (Å²) in [6.45, 7) is 3.01. The van der Waals surface area contributed by atoms with Crippen molar-refractivity contribution in [1.29, 1.82) is 0 Å². The lowest BCUT2D eigenvalue weighted by atomic mass is 9.99. The predicted octanol–water partition coefficient (Wildman–Crippen LogP) is 2.19. The first kappa shape index (κ1) is 12.8. The molecule has 0 aliphatic heterocycles. The Labute approximate surface area is 102 Å². The van der Waals surface area contributed by atoms with Gasteiger partial charge in [0.05, 0.1) is 14.7 Å². The molecular formula is C10H9IO5. The highest BCUT2D eigenvalue weighted by Gasteiger charge is 2.21. The van der Waals surface area contributed by atoms with Gasteiger partial charge >= 0.3 is 11.9 Å². The largest absolute Gasteiger partial charge is 0.478 e. The van der Waals surface area contributed by atoms with Crippen molar-refractivity contribution in [2.24, 2.45) is 0 Å². The molecule has 0 heterocycles. The van der Waals surface area contributed by atoms with Crippen LogP contribution < -0.4 is 0 Å². The third-order valence-corrected chi connectivity index (χ3v) is 4.05. The van der Waals surface area contributed by atoms with Gasteiger partial charge in [0.2, 0.25) is 0 Å². The van der Waals surface area contributed by atoms with Crippen molar-refractivity contribution in [2.75, 3.05) is 0 Å². The molecule has 0 aliphatic rings. The van der Waals surface area contributed by atoms with Crippen molar-refractivity contribution in [3.8, 4) is 0 Å². The van der Waals surface area contributed by atoms with E-state index in [4.69, 9.17) is 10.2 Å². The highest BCUT2D eigenvalue weighted by Crippen LogP contribution is 2.26. The summed E-state index contributed by atoms with van der Waals surface area (Å²) >= 11 is -1.72. The molecule has 0 bridgehead atoms. The summed E-state index contributed by atoms with van der Waals surface area (Å²) < 4.78 is 11.2. The molecule has 1 rings (SSSR count). The number of aromatic carboxylic acids is 2. The second-order valence-corrected chi connectivity index (χ2v) is 4.76. The molecule has 0 saturated carbocycles. The molecule has 0 aliphatic carbocycles. The summed E-state index contributed by atoms with van der Waals surface area (Å²) in [4.78, 5) is 21.9. The van der Waals surface area contributed by atoms with Gasteiger partial charge < -0.3 is 10.2 Å². The molecule has 0 atom stereocenters. The fraction of sp³-hybridized carbons (Fsp3) is 0.200. The number of halogens is 1. The number of rotatable bonds is 3. The van der Waals surface area contributed by atoms with Crippen LogP contribution in [-0.2, 0) is 3.07 Å². The van der Waals surface area contributed by atoms with E-state index in [0.29, 0.717) is 5.56 Å². The van der Waals surface area contributed by atoms with E-state index in [0.717, 1.165) is 0 Å². The van der Waals surface area contributed by atoms with Gasteiger partial charge in [0.15, 0.2) is 21.2 Å². The highest BCUT2D eigenvalue weighted by atomic mass is 127. The molecule has 2 N–H and O–H groups in total. The lowest BCUT2D eigenvalue weighted by Gasteiger charge is -2.09. The average Bonchev–Trinajstić information content (AvgIpc) is 2.16. The fourth-order valence-electron chi connectivity index (χ4n) is 1.54. The van der Waals surface area contributed by atoms with Gasteiger partial charge in [-0.1, -0.05) is 0 Å². The quantitative estimate of drug-likeness (QED) is 0.826. The van der Waals surface area contributed by atoms with Crippen LogP contribution in [0.15, 0.2) is 6.07 Å². The number of hydrogen-bond donors (Lipinski definition) is 2. The van der Waals surface area contributed by atoms with Crippen LogP contribution in [0, 0.1) is 17.4 Å². The first-order valence-corrected chi connectivity index (χ1v) is 6.24. The van der Waals surface area contributed by atoms with Crippen molar-refractivity contribution in [3.05, 3.63) is 31.9 Å². The van der Waals surface area contributed by atoms with Gasteiger partial charge in [-0.25, -0.2) is 9.59 Å². The van der Waals surface area contributed by atoms with E-state index in [9.17, 15) is 12.7 Å². The van der Waals surface area contributed by atoms with Crippen LogP contribution in [0.1, 0.15) is 31.8 Å². The Morgan fingerprint density at radius 1 is 1.19 bits per heavy atom. The van der Waals surface area contributed by atoms with E-state index in [1.807, 2.05) is 0 Å². The Kier molecular flexibility index (Phi) is 3.74. The SMILES string of the molecule is Cc1cc(C(=O)O)c(I=O)c(C)c1C(=O)O. The molecule has 0 radical (unpaired) electrons. The van der Waals surface area contributed by atoms with Crippen LogP contribution in [0.2, 0.25) is 0 Å². The molecule has 16 heavy (non-hydrogen) atoms. The second-order valence-electron chi connectivity index (χ2n) is 3.24. The summed E-state index contributed by atoms with van der Waals surface area (Å²) in [7, 11) is 0. The number of benzene rings is 1. The van der Waals surface area contributed by atoms with Crippen LogP contribution >= 0.6 is 21.2 Å². The zero-order valence-corrected chi connectivity index (χ0v) is 10.7. The van der Waals surface area contributed by atoms with E-state index in [-0.39, 0.29) is 20.3 Å². The summed E-state index contributed by atoms with van der Waals surface area (Å²) in [5, 5.41) is 17.9. The average molecular weight is 336 g/mol. The van der Waals surface area contributed by atoms with Crippen molar-refractivity contribution >= 4 is 33.1 Å². The van der Waals surface area contributed by atoms with Gasteiger partial charge in [0, 0.05) is 0 Å². The minimum atomic E-state index is -1.72. The molecule has 0 fully saturated rings. The molecule has 0 spiro atoms. The molecule has 5 nitrogen and oxygen atoms in total. The van der Waals surface area contributed by atoms with Crippen LogP contribution in [0.4, 0.5) is 0 Å². The Morgan fingerprint density at radius 3 is 2.12 bits per heavy atom. The molecule has 0 aromatic heterocycles. The number of carbonyl (C=O) groups is 2. The maximum atomic E-state index is 11.0. The summed E-state index contributed by atoms with van der Waals surface area (Å²) in [6.07, 6.45) is 0. The fourth-order valence-corrected chi connectivity index (χ4v) is 2.77. The molecular weight excluding hydrogens is 327 g/mol. The number of aryl methyl sites for hydroxylation is 1. The normalized spacial score (nSPS) is 10.1. The Bertz CT molecular complexity index is 492. The smallest absolute Gasteiger partial charge is 0.336 e. The third kappa shape index (κ3) is 2.11. The predicted molar refractivity (Wildman–Crippen MR) is 63.2 cm³/mol. The van der Waals surface area contributed by atoms with E-state index < -0.39 is 33.1 Å². The van der Waals surface area contributed by atoms with E-state index in [1.165, 1.54) is 19.9 Å². The summed E-state index contributed by atoms with van der Waals surface area (Å²) in [6, 6.07) is 1.26. The van der Waals surface area contributed by atoms with E-state index in [1.54, 1.807) is 0 Å². The van der Waals surface area contributed by atoms with Crippen molar-refractivity contribution in [2.45, 2.75) is 13.8 Å². The van der Waals surface area contributed by atoms with Crippen LogP contribution in [0.25, 0.3) is 0 Å². The minimum Gasteiger partial charge on any atom is -0.478 e. The Balaban J connectivity index is 3.69. The lowest BCUT2D eigenvalue weighted by molar-refractivity contribution is 0.0678. The standard InChI is InChI=1S/C10H9IO5/c1-4-3-6(9(12)13)8(11-16)5(2)7(4)10(14)15/h3H,1-2H3,(H,12,13)(H,14,15). The van der Waals surface area contributed by atoms with Gasteiger partial charge in [-0.2, -0.15) is 0 Å². The molecule has 0 unspecified atom stereocenters. The van der Waals surface area contributed by atoms with Gasteiger partial charge in [-0.05, 0) is 31.0 Å². The molecule has 1 aromatic carbocycles. The van der Waals surface area contributed by atoms with Crippen molar-refractivity contribution in [1.82, 2.24) is 0 Å². The molecule has 0 amide bonds. The maximum Gasteiger partial charge on any atom is 0.336 e. The first-order valence-electron chi connectivity index (χ1n) is 4.28. The van der Waals surface area contributed by atoms with Crippen molar-refractivity contribution < 1.29 is 22.9 Å². The molecule has 6 heteroatoms. The number of carboxylic acid groups (broad SMARTS) is 2. The molecule has 0 saturated heterocycles. The van der Waals surface area contributed by atoms with E-state index in [2.05, 4.69) is 0 Å². The third-order valence-electron chi connectivity index (χ3n) is 2.22. The topological polar surface area (TPSA) is 91.7 Å². The zero-order chi connectivity index (χ0) is 12.5. The van der Waals surface area contributed by atoms with Gasteiger partial charge in [-0.3, -0.25) is 3.07 Å². The minimum absolute atomic E-state index is 0.0375. The van der Waals surface area contributed by atoms with Gasteiger partial charge in [0.25, 0.3) is 0 Å². The highest BCUT2D eigenvalue weighted by molar-refractivity contribution is 14.1. The lowest BCUT2D eigenvalue weighted by Crippen LogP contribution is -2.10. The maximum absolute atomic E-state index is 11.0. The van der Waals surface area contributed by atoms with Crippen LogP contribution in [0.3, 0.4) is 0 Å². The molecule has 86 valence electrons.